The summed E-state index contributed by atoms with van der Waals surface area (Å²) in [6.07, 6.45) is 4.85. The molecule has 1 aromatic heterocycles. The molecule has 1 saturated carbocycles. The van der Waals surface area contributed by atoms with Gasteiger partial charge in [0.1, 0.15) is 5.75 Å². The molecular formula is C23H29N3O3S. The predicted octanol–water partition coefficient (Wildman–Crippen LogP) is 3.55. The van der Waals surface area contributed by atoms with Crippen molar-refractivity contribution in [3.63, 3.8) is 0 Å². The van der Waals surface area contributed by atoms with Gasteiger partial charge in [0.2, 0.25) is 5.91 Å². The van der Waals surface area contributed by atoms with E-state index in [9.17, 15) is 9.59 Å². The van der Waals surface area contributed by atoms with Gasteiger partial charge in [-0.15, -0.1) is 11.3 Å². The van der Waals surface area contributed by atoms with Gasteiger partial charge in [-0.25, -0.2) is 4.98 Å². The lowest BCUT2D eigenvalue weighted by molar-refractivity contribution is -0.122. The molecule has 2 aromatic rings. The number of hydrogen-bond donors (Lipinski definition) is 1. The molecule has 0 spiro atoms. The van der Waals surface area contributed by atoms with E-state index in [0.29, 0.717) is 13.1 Å². The smallest absolute Gasteiger partial charge is 0.254 e. The van der Waals surface area contributed by atoms with Crippen LogP contribution in [0, 0.1) is 12.8 Å². The van der Waals surface area contributed by atoms with Gasteiger partial charge < -0.3 is 15.0 Å². The fourth-order valence-electron chi connectivity index (χ4n) is 3.97. The van der Waals surface area contributed by atoms with E-state index >= 15 is 0 Å². The molecule has 2 heterocycles. The number of piperidine rings is 1. The Morgan fingerprint density at radius 1 is 1.30 bits per heavy atom. The molecule has 7 heteroatoms. The van der Waals surface area contributed by atoms with E-state index in [1.165, 1.54) is 0 Å². The van der Waals surface area contributed by atoms with E-state index in [-0.39, 0.29) is 23.7 Å². The monoisotopic (exact) mass is 427 g/mol. The number of likely N-dealkylation sites (tertiary alicyclic amines) is 1. The number of methoxy groups -OCH3 is 1. The normalized spacial score (nSPS) is 18.9. The minimum Gasteiger partial charge on any atom is -0.497 e. The highest BCUT2D eigenvalue weighted by atomic mass is 32.1. The molecular weight excluding hydrogens is 398 g/mol. The van der Waals surface area contributed by atoms with Crippen molar-refractivity contribution in [1.82, 2.24) is 15.2 Å². The third-order valence-electron chi connectivity index (χ3n) is 5.92. The predicted molar refractivity (Wildman–Crippen MR) is 117 cm³/mol. The van der Waals surface area contributed by atoms with Gasteiger partial charge in [0, 0.05) is 48.8 Å². The van der Waals surface area contributed by atoms with Crippen LogP contribution in [0.25, 0.3) is 0 Å². The van der Waals surface area contributed by atoms with Gasteiger partial charge in [-0.3, -0.25) is 9.59 Å². The molecule has 0 unspecified atom stereocenters. The van der Waals surface area contributed by atoms with Gasteiger partial charge in [-0.2, -0.15) is 0 Å². The van der Waals surface area contributed by atoms with Gasteiger partial charge in [-0.05, 0) is 56.4 Å². The molecule has 2 fully saturated rings. The van der Waals surface area contributed by atoms with Gasteiger partial charge in [0.05, 0.1) is 17.8 Å². The molecule has 4 rings (SSSR count). The van der Waals surface area contributed by atoms with Crippen LogP contribution in [-0.4, -0.2) is 48.4 Å². The summed E-state index contributed by atoms with van der Waals surface area (Å²) in [5, 5.41) is 6.19. The van der Waals surface area contributed by atoms with Crippen molar-refractivity contribution in [2.24, 2.45) is 5.92 Å². The number of amides is 2. The standard InChI is InChI=1S/C23H29N3O3S/c1-15-12-19(29-2)7-8-20(15)23(28)26-11-3-4-17(13-26)22-25-18(14-30-22)9-10-24-21(27)16-5-6-16/h7-8,12,14,16-17H,3-6,9-11,13H2,1-2H3,(H,24,27)/t17-/m1/s1. The van der Waals surface area contributed by atoms with E-state index in [4.69, 9.17) is 9.72 Å². The Labute approximate surface area is 181 Å². The summed E-state index contributed by atoms with van der Waals surface area (Å²) in [6.45, 7) is 4.08. The summed E-state index contributed by atoms with van der Waals surface area (Å²) in [5.41, 5.74) is 2.70. The third-order valence-corrected chi connectivity index (χ3v) is 6.98. The molecule has 1 aliphatic carbocycles. The van der Waals surface area contributed by atoms with Crippen LogP contribution in [0.15, 0.2) is 23.6 Å². The SMILES string of the molecule is COc1ccc(C(=O)N2CCC[C@@H](c3nc(CCNC(=O)C4CC4)cs3)C2)c(C)c1. The largest absolute Gasteiger partial charge is 0.497 e. The Kier molecular flexibility index (Phi) is 6.37. The second kappa shape index (κ2) is 9.16. The van der Waals surface area contributed by atoms with Crippen LogP contribution in [-0.2, 0) is 11.2 Å². The average molecular weight is 428 g/mol. The van der Waals surface area contributed by atoms with E-state index in [1.54, 1.807) is 18.4 Å². The van der Waals surface area contributed by atoms with Crippen molar-refractivity contribution < 1.29 is 14.3 Å². The van der Waals surface area contributed by atoms with Crippen LogP contribution in [0.1, 0.15) is 58.2 Å². The van der Waals surface area contributed by atoms with Crippen LogP contribution >= 0.6 is 11.3 Å². The van der Waals surface area contributed by atoms with Crippen molar-refractivity contribution in [1.29, 1.82) is 0 Å². The molecule has 6 nitrogen and oxygen atoms in total. The van der Waals surface area contributed by atoms with E-state index in [2.05, 4.69) is 10.7 Å². The Morgan fingerprint density at radius 3 is 2.87 bits per heavy atom. The third kappa shape index (κ3) is 4.83. The topological polar surface area (TPSA) is 71.5 Å². The number of ether oxygens (including phenoxy) is 1. The Hall–Kier alpha value is -2.41. The zero-order chi connectivity index (χ0) is 21.1. The number of rotatable bonds is 7. The number of carbonyl (C=O) groups excluding carboxylic acids is 2. The Bertz CT molecular complexity index is 922. The number of nitrogens with zero attached hydrogens (tertiary/aromatic N) is 2. The zero-order valence-corrected chi connectivity index (χ0v) is 18.5. The minimum absolute atomic E-state index is 0.0828. The second-order valence-corrected chi connectivity index (χ2v) is 9.15. The van der Waals surface area contributed by atoms with Crippen LogP contribution in [0.2, 0.25) is 0 Å². The summed E-state index contributed by atoms with van der Waals surface area (Å²) >= 11 is 1.67. The van der Waals surface area contributed by atoms with Gasteiger partial charge >= 0.3 is 0 Å². The average Bonchev–Trinajstić information content (AvgIpc) is 3.52. The first-order chi connectivity index (χ1) is 14.5. The van der Waals surface area contributed by atoms with Crippen molar-refractivity contribution >= 4 is 23.2 Å². The van der Waals surface area contributed by atoms with E-state index in [1.807, 2.05) is 30.0 Å². The first-order valence-electron chi connectivity index (χ1n) is 10.7. The van der Waals surface area contributed by atoms with Crippen LogP contribution in [0.4, 0.5) is 0 Å². The number of nitrogens with one attached hydrogen (secondary N) is 1. The van der Waals surface area contributed by atoms with Crippen molar-refractivity contribution in [3.8, 4) is 5.75 Å². The number of aromatic nitrogens is 1. The second-order valence-electron chi connectivity index (χ2n) is 8.26. The fraction of sp³-hybridized carbons (Fsp3) is 0.522. The van der Waals surface area contributed by atoms with Crippen molar-refractivity contribution in [3.05, 3.63) is 45.4 Å². The lowest BCUT2D eigenvalue weighted by Gasteiger charge is -2.32. The number of aryl methyl sites for hydroxylation is 1. The lowest BCUT2D eigenvalue weighted by atomic mass is 9.97. The maximum absolute atomic E-state index is 13.1. The molecule has 2 aliphatic rings. The molecule has 2 amide bonds. The number of carbonyl (C=O) groups is 2. The van der Waals surface area contributed by atoms with Crippen LogP contribution in [0.3, 0.4) is 0 Å². The lowest BCUT2D eigenvalue weighted by Crippen LogP contribution is -2.39. The molecule has 0 radical (unpaired) electrons. The molecule has 30 heavy (non-hydrogen) atoms. The quantitative estimate of drug-likeness (QED) is 0.734. The molecule has 1 aromatic carbocycles. The minimum atomic E-state index is 0.0828. The highest BCUT2D eigenvalue weighted by molar-refractivity contribution is 7.09. The maximum atomic E-state index is 13.1. The Morgan fingerprint density at radius 2 is 2.13 bits per heavy atom. The van der Waals surface area contributed by atoms with E-state index < -0.39 is 0 Å². The molecule has 1 aliphatic heterocycles. The van der Waals surface area contributed by atoms with Crippen molar-refractivity contribution in [2.75, 3.05) is 26.7 Å². The number of hydrogen-bond acceptors (Lipinski definition) is 5. The highest BCUT2D eigenvalue weighted by Crippen LogP contribution is 2.31. The fourth-order valence-corrected chi connectivity index (χ4v) is 4.95. The zero-order valence-electron chi connectivity index (χ0n) is 17.6. The number of benzene rings is 1. The van der Waals surface area contributed by atoms with Gasteiger partial charge in [0.25, 0.3) is 5.91 Å². The van der Waals surface area contributed by atoms with E-state index in [0.717, 1.165) is 66.2 Å². The summed E-state index contributed by atoms with van der Waals surface area (Å²) in [4.78, 5) is 31.6. The molecule has 1 N–H and O–H groups in total. The molecule has 1 atom stereocenters. The van der Waals surface area contributed by atoms with Gasteiger partial charge in [0.15, 0.2) is 0 Å². The Balaban J connectivity index is 1.35. The van der Waals surface area contributed by atoms with Gasteiger partial charge in [-0.1, -0.05) is 0 Å². The van der Waals surface area contributed by atoms with Crippen molar-refractivity contribution in [2.45, 2.75) is 44.9 Å². The molecule has 160 valence electrons. The molecule has 1 saturated heterocycles. The number of thiazole rings is 1. The molecule has 0 bridgehead atoms. The first-order valence-corrected chi connectivity index (χ1v) is 11.6. The summed E-state index contributed by atoms with van der Waals surface area (Å²) in [7, 11) is 1.63. The first kappa shape index (κ1) is 20.8. The summed E-state index contributed by atoms with van der Waals surface area (Å²) in [6, 6.07) is 5.61. The van der Waals surface area contributed by atoms with Crippen LogP contribution in [0.5, 0.6) is 5.75 Å². The summed E-state index contributed by atoms with van der Waals surface area (Å²) < 4.78 is 5.25. The highest BCUT2D eigenvalue weighted by Gasteiger charge is 2.30. The van der Waals surface area contributed by atoms with Crippen LogP contribution < -0.4 is 10.1 Å². The maximum Gasteiger partial charge on any atom is 0.254 e. The summed E-state index contributed by atoms with van der Waals surface area (Å²) in [5.74, 6) is 1.56.